The first kappa shape index (κ1) is 80.7. The first-order chi connectivity index (χ1) is 6.00. The summed E-state index contributed by atoms with van der Waals surface area (Å²) in [6, 6.07) is 0. The number of nitrogens with zero attached hydrogens (tertiary/aromatic N) is 6. The number of rotatable bonds is 0. The Hall–Kier alpha value is 0.0958. The Morgan fingerprint density at radius 1 is 0.400 bits per heavy atom. The van der Waals surface area contributed by atoms with Crippen molar-refractivity contribution in [3.8, 4) is 0 Å². The van der Waals surface area contributed by atoms with E-state index in [0.717, 1.165) is 0 Å². The fourth-order valence-electron chi connectivity index (χ4n) is 0. The molecule has 0 amide bonds. The van der Waals surface area contributed by atoms with Crippen molar-refractivity contribution in [2.24, 2.45) is 0 Å². The minimum absolute atomic E-state index is 0. The van der Waals surface area contributed by atoms with Gasteiger partial charge in [0.05, 0.1) is 0 Å². The van der Waals surface area contributed by atoms with E-state index in [-0.39, 0.29) is 98.0 Å². The van der Waals surface area contributed by atoms with E-state index in [1.54, 1.807) is 0 Å². The first-order valence-electron chi connectivity index (χ1n) is 1.34. The third-order valence-corrected chi connectivity index (χ3v) is 0. The van der Waals surface area contributed by atoms with Gasteiger partial charge in [0.25, 0.3) is 0 Å². The maximum absolute atomic E-state index is 6.25. The zero-order chi connectivity index (χ0) is 12.0. The van der Waals surface area contributed by atoms with Crippen LogP contribution in [-0.2, 0) is 17.1 Å². The summed E-state index contributed by atoms with van der Waals surface area (Å²) in [5, 5.41) is 37.5. The van der Waals surface area contributed by atoms with Gasteiger partial charge in [-0.25, -0.2) is 0 Å². The standard InChI is InChI=1S/6CN.Fe.K.Na/c6*1-2;;;/q6*-1;+2;2*+1. The molecule has 0 bridgehead atoms. The summed E-state index contributed by atoms with van der Waals surface area (Å²) in [5.74, 6) is 0. The predicted molar refractivity (Wildman–Crippen MR) is 29.8 cm³/mol. The van der Waals surface area contributed by atoms with E-state index in [2.05, 4.69) is 0 Å². The van der Waals surface area contributed by atoms with Crippen LogP contribution < -0.4 is 80.9 Å². The van der Waals surface area contributed by atoms with Crippen LogP contribution in [0, 0.1) is 71.0 Å². The molecule has 0 aromatic rings. The van der Waals surface area contributed by atoms with Crippen LogP contribution in [-0.4, -0.2) is 0 Å². The summed E-state index contributed by atoms with van der Waals surface area (Å²) < 4.78 is 0. The van der Waals surface area contributed by atoms with Crippen LogP contribution in [0.25, 0.3) is 0 Å². The van der Waals surface area contributed by atoms with E-state index in [1.165, 1.54) is 0 Å². The van der Waals surface area contributed by atoms with Crippen LogP contribution in [0.15, 0.2) is 0 Å². The minimum atomic E-state index is 0. The second-order valence-corrected chi connectivity index (χ2v) is 0. The summed E-state index contributed by atoms with van der Waals surface area (Å²) in [6.45, 7) is 28.5. The van der Waals surface area contributed by atoms with Crippen LogP contribution in [0.5, 0.6) is 0 Å². The zero-order valence-corrected chi connectivity index (χ0v) is 14.3. The molecule has 0 aromatic heterocycles. The van der Waals surface area contributed by atoms with Crippen molar-refractivity contribution >= 4 is 0 Å². The van der Waals surface area contributed by atoms with E-state index < -0.39 is 0 Å². The molecule has 0 radical (unpaired) electrons. The topological polar surface area (TPSA) is 143 Å². The fraction of sp³-hybridized carbons (Fsp3) is 0. The summed E-state index contributed by atoms with van der Waals surface area (Å²) in [6.07, 6.45) is 0. The molecule has 0 aliphatic heterocycles. The van der Waals surface area contributed by atoms with Gasteiger partial charge < -0.3 is 71.0 Å². The first-order valence-corrected chi connectivity index (χ1v) is 1.34. The van der Waals surface area contributed by atoms with Gasteiger partial charge in [0.15, 0.2) is 0 Å². The molecule has 0 atom stereocenters. The molecule has 0 spiro atoms. The molecule has 0 saturated carbocycles. The Balaban J connectivity index is -0.00000000396. The van der Waals surface area contributed by atoms with Gasteiger partial charge in [-0.15, -0.1) is 0 Å². The molecule has 0 aliphatic rings. The van der Waals surface area contributed by atoms with Gasteiger partial charge >= 0.3 is 98.0 Å². The monoisotopic (exact) mass is 274 g/mol. The van der Waals surface area contributed by atoms with Crippen LogP contribution >= 0.6 is 0 Å². The zero-order valence-electron chi connectivity index (χ0n) is 8.04. The van der Waals surface area contributed by atoms with Gasteiger partial charge in [-0.3, -0.25) is 0 Å². The summed E-state index contributed by atoms with van der Waals surface area (Å²) in [4.78, 5) is 0. The third kappa shape index (κ3) is 225000. The van der Waals surface area contributed by atoms with Gasteiger partial charge in [0.1, 0.15) is 0 Å². The maximum atomic E-state index is 6.25. The normalized spacial score (nSPS) is 0.800. The van der Waals surface area contributed by atoms with Crippen molar-refractivity contribution in [2.75, 3.05) is 0 Å². The average molecular weight is 274 g/mol. The Bertz CT molecular complexity index is 103. The molecule has 9 heteroatoms. The van der Waals surface area contributed by atoms with Crippen molar-refractivity contribution in [3.63, 3.8) is 0 Å². The van der Waals surface area contributed by atoms with E-state index in [4.69, 9.17) is 71.0 Å². The Kier molecular flexibility index (Phi) is 1420000. The molecule has 15 heavy (non-hydrogen) atoms. The molecule has 6 nitrogen and oxygen atoms in total. The van der Waals surface area contributed by atoms with Crippen LogP contribution in [0.1, 0.15) is 0 Å². The molecule has 0 rings (SSSR count). The van der Waals surface area contributed by atoms with Gasteiger partial charge in [0.2, 0.25) is 0 Å². The largest absolute Gasteiger partial charge is 2.00 e. The Labute approximate surface area is 166 Å². The van der Waals surface area contributed by atoms with Crippen molar-refractivity contribution in [1.82, 2.24) is 0 Å². The maximum Gasteiger partial charge on any atom is 2.00 e. The predicted octanol–water partition coefficient (Wildman–Crippen LogP) is -5.42. The van der Waals surface area contributed by atoms with Crippen molar-refractivity contribution < 1.29 is 98.0 Å². The molecule has 0 heterocycles. The number of hydrogen-bond acceptors (Lipinski definition) is 6. The van der Waals surface area contributed by atoms with Crippen molar-refractivity contribution in [2.45, 2.75) is 0 Å². The molecule has 0 aromatic carbocycles. The summed E-state index contributed by atoms with van der Waals surface area (Å²) >= 11 is 0. The van der Waals surface area contributed by atoms with Gasteiger partial charge in [-0.2, -0.15) is 0 Å². The molecular formula is C6FeKN6Na-2. The van der Waals surface area contributed by atoms with Gasteiger partial charge in [-0.1, -0.05) is 0 Å². The quantitative estimate of drug-likeness (QED) is 0.318. The van der Waals surface area contributed by atoms with Crippen molar-refractivity contribution in [3.05, 3.63) is 39.4 Å². The molecule has 0 fully saturated rings. The van der Waals surface area contributed by atoms with E-state index in [0.29, 0.717) is 0 Å². The average Bonchev–Trinajstić information content (AvgIpc) is 2.33. The van der Waals surface area contributed by atoms with Crippen LogP contribution in [0.3, 0.4) is 0 Å². The molecule has 0 N–H and O–H groups in total. The summed E-state index contributed by atoms with van der Waals surface area (Å²) in [5.41, 5.74) is 0. The molecule has 0 saturated heterocycles. The van der Waals surface area contributed by atoms with Gasteiger partial charge in [-0.05, 0) is 0 Å². The molecule has 0 unspecified atom stereocenters. The van der Waals surface area contributed by atoms with Crippen molar-refractivity contribution in [1.29, 1.82) is 31.6 Å². The van der Waals surface area contributed by atoms with E-state index >= 15 is 0 Å². The van der Waals surface area contributed by atoms with Crippen LogP contribution in [0.4, 0.5) is 0 Å². The fourth-order valence-corrected chi connectivity index (χ4v) is 0. The van der Waals surface area contributed by atoms with E-state index in [1.807, 2.05) is 0 Å². The second-order valence-electron chi connectivity index (χ2n) is 0. The molecule has 0 aliphatic carbocycles. The minimum Gasteiger partial charge on any atom is -0.512 e. The Morgan fingerprint density at radius 2 is 0.400 bits per heavy atom. The second kappa shape index (κ2) is 263000. The Morgan fingerprint density at radius 3 is 0.400 bits per heavy atom. The number of hydrogen-bond donors (Lipinski definition) is 0. The van der Waals surface area contributed by atoms with Crippen LogP contribution in [0.2, 0.25) is 0 Å². The van der Waals surface area contributed by atoms with Gasteiger partial charge in [0, 0.05) is 0 Å². The van der Waals surface area contributed by atoms with E-state index in [9.17, 15) is 0 Å². The summed E-state index contributed by atoms with van der Waals surface area (Å²) in [7, 11) is 0. The third-order valence-electron chi connectivity index (χ3n) is 0. The molecule has 66 valence electrons. The smallest absolute Gasteiger partial charge is 0.512 e. The SMILES string of the molecule is [C-]#N.[C-]#N.[C-]#N.[C-]#N.[C-]#N.[C-]#N.[Fe+2].[K+].[Na+]. The molecular weight excluding hydrogens is 274 g/mol.